The quantitative estimate of drug-likeness (QED) is 0.786. The first kappa shape index (κ1) is 11.6. The van der Waals surface area contributed by atoms with Crippen LogP contribution in [0.25, 0.3) is 0 Å². The Morgan fingerprint density at radius 2 is 2.00 bits per heavy atom. The lowest BCUT2D eigenvalue weighted by molar-refractivity contribution is 0.0705. The van der Waals surface area contributed by atoms with E-state index in [-0.39, 0.29) is 5.91 Å². The largest absolute Gasteiger partial charge is 0.331 e. The summed E-state index contributed by atoms with van der Waals surface area (Å²) in [7, 11) is 0. The minimum atomic E-state index is 0.0894. The Bertz CT molecular complexity index is 662. The van der Waals surface area contributed by atoms with Gasteiger partial charge in [0.1, 0.15) is 0 Å². The average molecular weight is 268 g/mol. The van der Waals surface area contributed by atoms with Gasteiger partial charge in [-0.3, -0.25) is 14.5 Å². The molecule has 0 unspecified atom stereocenters. The number of pyridine rings is 1. The molecule has 2 aliphatic rings. The van der Waals surface area contributed by atoms with Gasteiger partial charge in [-0.2, -0.15) is 5.10 Å². The summed E-state index contributed by atoms with van der Waals surface area (Å²) in [6.45, 7) is 2.22. The van der Waals surface area contributed by atoms with Gasteiger partial charge in [0.2, 0.25) is 0 Å². The number of hydrogen-bond acceptors (Lipinski definition) is 3. The van der Waals surface area contributed by atoms with Crippen molar-refractivity contribution in [3.05, 3.63) is 47.0 Å². The number of rotatable bonds is 1. The van der Waals surface area contributed by atoms with Gasteiger partial charge in [-0.1, -0.05) is 0 Å². The normalized spacial score (nSPS) is 16.9. The van der Waals surface area contributed by atoms with E-state index in [9.17, 15) is 4.79 Å². The zero-order valence-electron chi connectivity index (χ0n) is 11.2. The van der Waals surface area contributed by atoms with E-state index < -0.39 is 0 Å². The molecular weight excluding hydrogens is 252 g/mol. The zero-order valence-corrected chi connectivity index (χ0v) is 11.2. The average Bonchev–Trinajstić information content (AvgIpc) is 3.07. The third kappa shape index (κ3) is 1.73. The first-order chi connectivity index (χ1) is 9.83. The van der Waals surface area contributed by atoms with Crippen LogP contribution in [0.5, 0.6) is 0 Å². The topological polar surface area (TPSA) is 51.0 Å². The number of fused-ring (bicyclic) bond motifs is 3. The summed E-state index contributed by atoms with van der Waals surface area (Å²) < 4.78 is 2.10. The van der Waals surface area contributed by atoms with Gasteiger partial charge in [0.25, 0.3) is 5.91 Å². The molecule has 0 radical (unpaired) electrons. The Hall–Kier alpha value is -2.17. The number of carbonyl (C=O) groups excluding carboxylic acids is 1. The van der Waals surface area contributed by atoms with E-state index in [0.29, 0.717) is 12.1 Å². The predicted molar refractivity (Wildman–Crippen MR) is 73.2 cm³/mol. The molecule has 0 atom stereocenters. The maximum Gasteiger partial charge on any atom is 0.254 e. The molecule has 4 rings (SSSR count). The van der Waals surface area contributed by atoms with Crippen molar-refractivity contribution in [1.29, 1.82) is 0 Å². The summed E-state index contributed by atoms with van der Waals surface area (Å²) in [5.74, 6) is 0.0894. The zero-order chi connectivity index (χ0) is 13.5. The maximum atomic E-state index is 12.5. The molecule has 1 aliphatic heterocycles. The summed E-state index contributed by atoms with van der Waals surface area (Å²) in [6, 6.07) is 3.55. The third-order valence-corrected chi connectivity index (χ3v) is 4.23. The Labute approximate surface area is 117 Å². The molecule has 0 bridgehead atoms. The number of nitrogens with zero attached hydrogens (tertiary/aromatic N) is 4. The summed E-state index contributed by atoms with van der Waals surface area (Å²) in [5.41, 5.74) is 4.59. The highest BCUT2D eigenvalue weighted by Gasteiger charge is 2.28. The molecule has 0 saturated heterocycles. The van der Waals surface area contributed by atoms with Crippen LogP contribution in [0.2, 0.25) is 0 Å². The SMILES string of the molecule is O=C(c1ccncc1)N1CCn2nc3c(c2C1)CCC3. The van der Waals surface area contributed by atoms with Crippen LogP contribution < -0.4 is 0 Å². The second kappa shape index (κ2) is 4.44. The number of aromatic nitrogens is 3. The fraction of sp³-hybridized carbons (Fsp3) is 0.400. The first-order valence-corrected chi connectivity index (χ1v) is 7.09. The van der Waals surface area contributed by atoms with Crippen molar-refractivity contribution in [2.75, 3.05) is 6.54 Å². The van der Waals surface area contributed by atoms with E-state index >= 15 is 0 Å². The van der Waals surface area contributed by atoms with Crippen LogP contribution in [-0.2, 0) is 25.9 Å². The second-order valence-corrected chi connectivity index (χ2v) is 5.41. The highest BCUT2D eigenvalue weighted by atomic mass is 16.2. The highest BCUT2D eigenvalue weighted by Crippen LogP contribution is 2.28. The molecule has 0 aromatic carbocycles. The van der Waals surface area contributed by atoms with Gasteiger partial charge in [0.05, 0.1) is 24.5 Å². The van der Waals surface area contributed by atoms with Gasteiger partial charge in [0, 0.05) is 24.5 Å². The fourth-order valence-corrected chi connectivity index (χ4v) is 3.20. The molecule has 5 heteroatoms. The molecule has 0 N–H and O–H groups in total. The molecule has 20 heavy (non-hydrogen) atoms. The van der Waals surface area contributed by atoms with E-state index in [0.717, 1.165) is 25.9 Å². The molecule has 1 amide bonds. The summed E-state index contributed by atoms with van der Waals surface area (Å²) >= 11 is 0. The molecule has 0 spiro atoms. The van der Waals surface area contributed by atoms with Gasteiger partial charge in [-0.05, 0) is 37.0 Å². The van der Waals surface area contributed by atoms with E-state index in [4.69, 9.17) is 0 Å². The minimum Gasteiger partial charge on any atom is -0.331 e. The van der Waals surface area contributed by atoms with Crippen molar-refractivity contribution >= 4 is 5.91 Å². The van der Waals surface area contributed by atoms with Crippen LogP contribution in [0.15, 0.2) is 24.5 Å². The van der Waals surface area contributed by atoms with E-state index in [1.807, 2.05) is 4.90 Å². The van der Waals surface area contributed by atoms with Crippen molar-refractivity contribution in [3.63, 3.8) is 0 Å². The van der Waals surface area contributed by atoms with E-state index in [2.05, 4.69) is 14.8 Å². The number of carbonyl (C=O) groups is 1. The monoisotopic (exact) mass is 268 g/mol. The molecule has 0 saturated carbocycles. The maximum absolute atomic E-state index is 12.5. The smallest absolute Gasteiger partial charge is 0.254 e. The molecular formula is C15H16N4O. The van der Waals surface area contributed by atoms with Crippen LogP contribution in [-0.4, -0.2) is 32.1 Å². The lowest BCUT2D eigenvalue weighted by atomic mass is 10.1. The first-order valence-electron chi connectivity index (χ1n) is 7.09. The van der Waals surface area contributed by atoms with Gasteiger partial charge in [0.15, 0.2) is 0 Å². The number of hydrogen-bond donors (Lipinski definition) is 0. The van der Waals surface area contributed by atoms with Gasteiger partial charge >= 0.3 is 0 Å². The minimum absolute atomic E-state index is 0.0894. The Morgan fingerprint density at radius 3 is 2.85 bits per heavy atom. The van der Waals surface area contributed by atoms with Crippen LogP contribution in [0, 0.1) is 0 Å². The summed E-state index contributed by atoms with van der Waals surface area (Å²) in [4.78, 5) is 18.4. The third-order valence-electron chi connectivity index (χ3n) is 4.23. The summed E-state index contributed by atoms with van der Waals surface area (Å²) in [5, 5.41) is 4.67. The van der Waals surface area contributed by atoms with Crippen LogP contribution in [0.1, 0.15) is 33.7 Å². The van der Waals surface area contributed by atoms with Gasteiger partial charge in [-0.25, -0.2) is 0 Å². The van der Waals surface area contributed by atoms with E-state index in [1.165, 1.54) is 23.4 Å². The van der Waals surface area contributed by atoms with Gasteiger partial charge in [-0.15, -0.1) is 0 Å². The van der Waals surface area contributed by atoms with Crippen LogP contribution in [0.3, 0.4) is 0 Å². The standard InChI is InChI=1S/C15H16N4O/c20-15(11-4-6-16-7-5-11)18-8-9-19-14(10-18)12-2-1-3-13(12)17-19/h4-7H,1-3,8-10H2. The molecule has 5 nitrogen and oxygen atoms in total. The fourth-order valence-electron chi connectivity index (χ4n) is 3.20. The van der Waals surface area contributed by atoms with Crippen molar-refractivity contribution in [3.8, 4) is 0 Å². The lowest BCUT2D eigenvalue weighted by Gasteiger charge is -2.28. The number of amides is 1. The highest BCUT2D eigenvalue weighted by molar-refractivity contribution is 5.94. The lowest BCUT2D eigenvalue weighted by Crippen LogP contribution is -2.38. The molecule has 1 aliphatic carbocycles. The molecule has 0 fully saturated rings. The molecule has 2 aromatic rings. The van der Waals surface area contributed by atoms with Crippen molar-refractivity contribution < 1.29 is 4.79 Å². The number of aryl methyl sites for hydroxylation is 1. The van der Waals surface area contributed by atoms with Gasteiger partial charge < -0.3 is 4.90 Å². The van der Waals surface area contributed by atoms with Crippen molar-refractivity contribution in [1.82, 2.24) is 19.7 Å². The van der Waals surface area contributed by atoms with E-state index in [1.54, 1.807) is 24.5 Å². The molecule has 3 heterocycles. The second-order valence-electron chi connectivity index (χ2n) is 5.41. The Morgan fingerprint density at radius 1 is 1.15 bits per heavy atom. The Balaban J connectivity index is 1.62. The Kier molecular flexibility index (Phi) is 2.58. The predicted octanol–water partition coefficient (Wildman–Crippen LogP) is 1.42. The van der Waals surface area contributed by atoms with Crippen LogP contribution in [0.4, 0.5) is 0 Å². The molecule has 2 aromatic heterocycles. The summed E-state index contributed by atoms with van der Waals surface area (Å²) in [6.07, 6.45) is 6.73. The molecule has 102 valence electrons. The van der Waals surface area contributed by atoms with Crippen molar-refractivity contribution in [2.45, 2.75) is 32.4 Å². The van der Waals surface area contributed by atoms with Crippen molar-refractivity contribution in [2.24, 2.45) is 0 Å². The van der Waals surface area contributed by atoms with Crippen LogP contribution >= 0.6 is 0 Å².